The van der Waals surface area contributed by atoms with Crippen LogP contribution in [-0.4, -0.2) is 12.0 Å². The molecule has 0 bridgehead atoms. The molecule has 0 fully saturated rings. The van der Waals surface area contributed by atoms with Crippen molar-refractivity contribution < 1.29 is 0 Å². The highest BCUT2D eigenvalue weighted by Gasteiger charge is 2.00. The molecule has 0 unspecified atom stereocenters. The Bertz CT molecular complexity index is 260. The van der Waals surface area contributed by atoms with E-state index in [1.54, 1.807) is 19.3 Å². The molecular formula is C7H10ClN3. The van der Waals surface area contributed by atoms with Crippen molar-refractivity contribution in [1.82, 2.24) is 4.98 Å². The molecule has 1 aromatic heterocycles. The fraction of sp³-hybridized carbons (Fsp3) is 0.286. The highest BCUT2D eigenvalue weighted by molar-refractivity contribution is 6.29. The first-order valence-electron chi connectivity index (χ1n) is 3.22. The van der Waals surface area contributed by atoms with Crippen LogP contribution >= 0.6 is 11.6 Å². The average Bonchev–Trinajstić information content (AvgIpc) is 1.85. The number of aryl methyl sites for hydroxylation is 1. The second kappa shape index (κ2) is 3.07. The standard InChI is InChI=1S/C7H10ClN3/c1-5-3-7(8)10-4-6(5)11(2)9/h3-4H,9H2,1-2H3. The minimum Gasteiger partial charge on any atom is -0.312 e. The molecule has 0 saturated heterocycles. The molecule has 0 amide bonds. The molecule has 1 rings (SSSR count). The number of hydrogen-bond acceptors (Lipinski definition) is 3. The fourth-order valence-electron chi connectivity index (χ4n) is 0.884. The predicted molar refractivity (Wildman–Crippen MR) is 46.6 cm³/mol. The van der Waals surface area contributed by atoms with Gasteiger partial charge in [-0.15, -0.1) is 0 Å². The Kier molecular flexibility index (Phi) is 2.31. The molecule has 0 aliphatic rings. The second-order valence-electron chi connectivity index (χ2n) is 2.40. The molecule has 2 N–H and O–H groups in total. The molecule has 4 heteroatoms. The maximum Gasteiger partial charge on any atom is 0.129 e. The third-order valence-electron chi connectivity index (χ3n) is 1.43. The van der Waals surface area contributed by atoms with Crippen LogP contribution in [0, 0.1) is 6.92 Å². The molecule has 0 atom stereocenters. The van der Waals surface area contributed by atoms with Crippen LogP contribution in [0.4, 0.5) is 5.69 Å². The zero-order valence-electron chi connectivity index (χ0n) is 6.50. The Labute approximate surface area is 70.8 Å². The molecule has 60 valence electrons. The first kappa shape index (κ1) is 8.30. The summed E-state index contributed by atoms with van der Waals surface area (Å²) >= 11 is 5.65. The Hall–Kier alpha value is -0.800. The summed E-state index contributed by atoms with van der Waals surface area (Å²) in [6.45, 7) is 1.94. The van der Waals surface area contributed by atoms with Gasteiger partial charge < -0.3 is 5.01 Å². The molecule has 0 aromatic carbocycles. The van der Waals surface area contributed by atoms with Crippen molar-refractivity contribution >= 4 is 17.3 Å². The number of pyridine rings is 1. The summed E-state index contributed by atoms with van der Waals surface area (Å²) in [5.74, 6) is 5.51. The van der Waals surface area contributed by atoms with Gasteiger partial charge >= 0.3 is 0 Å². The third kappa shape index (κ3) is 1.82. The number of halogens is 1. The fourth-order valence-corrected chi connectivity index (χ4v) is 1.10. The van der Waals surface area contributed by atoms with Gasteiger partial charge in [0.25, 0.3) is 0 Å². The van der Waals surface area contributed by atoms with E-state index in [0.29, 0.717) is 5.15 Å². The van der Waals surface area contributed by atoms with Crippen LogP contribution in [0.25, 0.3) is 0 Å². The van der Waals surface area contributed by atoms with E-state index in [1.165, 1.54) is 5.01 Å². The van der Waals surface area contributed by atoms with Gasteiger partial charge in [-0.05, 0) is 18.6 Å². The lowest BCUT2D eigenvalue weighted by molar-refractivity contribution is 0.996. The van der Waals surface area contributed by atoms with Gasteiger partial charge in [-0.25, -0.2) is 10.8 Å². The lowest BCUT2D eigenvalue weighted by atomic mass is 10.2. The van der Waals surface area contributed by atoms with Gasteiger partial charge in [0.15, 0.2) is 0 Å². The molecule has 1 heterocycles. The number of hydrogen-bond donors (Lipinski definition) is 1. The number of nitrogens with zero attached hydrogens (tertiary/aromatic N) is 2. The molecule has 3 nitrogen and oxygen atoms in total. The minimum absolute atomic E-state index is 0.494. The molecular weight excluding hydrogens is 162 g/mol. The average molecular weight is 172 g/mol. The van der Waals surface area contributed by atoms with Gasteiger partial charge in [0, 0.05) is 7.05 Å². The molecule has 0 spiro atoms. The summed E-state index contributed by atoms with van der Waals surface area (Å²) in [6.07, 6.45) is 1.65. The van der Waals surface area contributed by atoms with Crippen LogP contribution in [0.15, 0.2) is 12.3 Å². The molecule has 0 aliphatic heterocycles. The van der Waals surface area contributed by atoms with Crippen LogP contribution in [0.3, 0.4) is 0 Å². The van der Waals surface area contributed by atoms with Crippen molar-refractivity contribution in [2.24, 2.45) is 5.84 Å². The second-order valence-corrected chi connectivity index (χ2v) is 2.79. The van der Waals surface area contributed by atoms with Gasteiger partial charge in [0.2, 0.25) is 0 Å². The van der Waals surface area contributed by atoms with Crippen LogP contribution in [-0.2, 0) is 0 Å². The summed E-state index contributed by atoms with van der Waals surface area (Å²) in [4.78, 5) is 3.90. The first-order valence-corrected chi connectivity index (χ1v) is 3.59. The zero-order chi connectivity index (χ0) is 8.43. The Morgan fingerprint density at radius 1 is 1.64 bits per heavy atom. The number of rotatable bonds is 1. The largest absolute Gasteiger partial charge is 0.312 e. The van der Waals surface area contributed by atoms with Gasteiger partial charge in [-0.1, -0.05) is 11.6 Å². The van der Waals surface area contributed by atoms with Crippen molar-refractivity contribution in [3.63, 3.8) is 0 Å². The molecule has 0 radical (unpaired) electrons. The summed E-state index contributed by atoms with van der Waals surface area (Å²) in [5, 5.41) is 2.01. The highest BCUT2D eigenvalue weighted by Crippen LogP contribution is 2.17. The van der Waals surface area contributed by atoms with Crippen molar-refractivity contribution in [3.8, 4) is 0 Å². The quantitative estimate of drug-likeness (QED) is 0.394. The van der Waals surface area contributed by atoms with Crippen molar-refractivity contribution in [2.75, 3.05) is 12.1 Å². The number of aromatic nitrogens is 1. The van der Waals surface area contributed by atoms with E-state index in [4.69, 9.17) is 17.4 Å². The van der Waals surface area contributed by atoms with Gasteiger partial charge in [0.05, 0.1) is 11.9 Å². The summed E-state index contributed by atoms with van der Waals surface area (Å²) in [6, 6.07) is 1.78. The monoisotopic (exact) mass is 171 g/mol. The van der Waals surface area contributed by atoms with Gasteiger partial charge in [-0.3, -0.25) is 0 Å². The van der Waals surface area contributed by atoms with Crippen LogP contribution in [0.2, 0.25) is 5.15 Å². The number of nitrogens with two attached hydrogens (primary N) is 1. The topological polar surface area (TPSA) is 42.2 Å². The normalized spacial score (nSPS) is 9.82. The minimum atomic E-state index is 0.494. The van der Waals surface area contributed by atoms with Gasteiger partial charge in [0.1, 0.15) is 5.15 Å². The summed E-state index contributed by atoms with van der Waals surface area (Å²) in [5.41, 5.74) is 1.91. The maximum absolute atomic E-state index is 5.65. The molecule has 0 aliphatic carbocycles. The van der Waals surface area contributed by atoms with Crippen LogP contribution < -0.4 is 10.9 Å². The van der Waals surface area contributed by atoms with E-state index >= 15 is 0 Å². The molecule has 11 heavy (non-hydrogen) atoms. The van der Waals surface area contributed by atoms with Gasteiger partial charge in [-0.2, -0.15) is 0 Å². The van der Waals surface area contributed by atoms with Crippen LogP contribution in [0.1, 0.15) is 5.56 Å². The predicted octanol–water partition coefficient (Wildman–Crippen LogP) is 1.35. The first-order chi connectivity index (χ1) is 5.11. The smallest absolute Gasteiger partial charge is 0.129 e. The van der Waals surface area contributed by atoms with E-state index in [1.807, 2.05) is 6.92 Å². The van der Waals surface area contributed by atoms with E-state index in [0.717, 1.165) is 11.3 Å². The molecule has 0 saturated carbocycles. The third-order valence-corrected chi connectivity index (χ3v) is 1.64. The SMILES string of the molecule is Cc1cc(Cl)ncc1N(C)N. The summed E-state index contributed by atoms with van der Waals surface area (Å²) < 4.78 is 0. The van der Waals surface area contributed by atoms with Crippen molar-refractivity contribution in [3.05, 3.63) is 23.0 Å². The van der Waals surface area contributed by atoms with Crippen LogP contribution in [0.5, 0.6) is 0 Å². The Morgan fingerprint density at radius 3 is 2.73 bits per heavy atom. The Morgan fingerprint density at radius 2 is 2.27 bits per heavy atom. The zero-order valence-corrected chi connectivity index (χ0v) is 7.26. The number of anilines is 1. The lowest BCUT2D eigenvalue weighted by Gasteiger charge is -2.13. The molecule has 1 aromatic rings. The van der Waals surface area contributed by atoms with Crippen molar-refractivity contribution in [1.29, 1.82) is 0 Å². The van der Waals surface area contributed by atoms with E-state index in [2.05, 4.69) is 4.98 Å². The van der Waals surface area contributed by atoms with E-state index < -0.39 is 0 Å². The Balaban J connectivity index is 3.09. The highest BCUT2D eigenvalue weighted by atomic mass is 35.5. The van der Waals surface area contributed by atoms with Crippen molar-refractivity contribution in [2.45, 2.75) is 6.92 Å². The van der Waals surface area contributed by atoms with E-state index in [9.17, 15) is 0 Å². The number of hydrazine groups is 1. The summed E-state index contributed by atoms with van der Waals surface area (Å²) in [7, 11) is 1.76. The maximum atomic E-state index is 5.65. The lowest BCUT2D eigenvalue weighted by Crippen LogP contribution is -2.25. The van der Waals surface area contributed by atoms with E-state index in [-0.39, 0.29) is 0 Å².